The number of anilines is 1. The summed E-state index contributed by atoms with van der Waals surface area (Å²) in [5.74, 6) is 1.12. The van der Waals surface area contributed by atoms with E-state index < -0.39 is 0 Å². The van der Waals surface area contributed by atoms with Gasteiger partial charge in [-0.25, -0.2) is 4.99 Å². The van der Waals surface area contributed by atoms with Crippen molar-refractivity contribution in [3.63, 3.8) is 0 Å². The second-order valence-electron chi connectivity index (χ2n) is 6.46. The minimum absolute atomic E-state index is 0. The Morgan fingerprint density at radius 2 is 2.11 bits per heavy atom. The highest BCUT2D eigenvalue weighted by Crippen LogP contribution is 2.27. The summed E-state index contributed by atoms with van der Waals surface area (Å²) in [6.45, 7) is 6.65. The average Bonchev–Trinajstić information content (AvgIpc) is 3.33. The highest BCUT2D eigenvalue weighted by molar-refractivity contribution is 14.0. The zero-order valence-electron chi connectivity index (χ0n) is 15.8. The van der Waals surface area contributed by atoms with E-state index in [1.165, 1.54) is 11.1 Å². The summed E-state index contributed by atoms with van der Waals surface area (Å²) in [6.07, 6.45) is 0.919. The van der Waals surface area contributed by atoms with E-state index in [0.29, 0.717) is 11.9 Å². The van der Waals surface area contributed by atoms with Crippen molar-refractivity contribution < 1.29 is 4.79 Å². The van der Waals surface area contributed by atoms with Crippen LogP contribution in [-0.2, 0) is 11.2 Å². The van der Waals surface area contributed by atoms with Crippen LogP contribution in [0.3, 0.4) is 0 Å². The molecule has 7 heteroatoms. The van der Waals surface area contributed by atoms with E-state index in [4.69, 9.17) is 0 Å². The van der Waals surface area contributed by atoms with Crippen LogP contribution in [0.5, 0.6) is 0 Å². The molecule has 1 atom stereocenters. The zero-order valence-corrected chi connectivity index (χ0v) is 18.9. The number of carbonyl (C=O) groups excluding carboxylic acids is 1. The molecule has 2 aromatic rings. The fourth-order valence-corrected chi connectivity index (χ4v) is 3.88. The van der Waals surface area contributed by atoms with Crippen molar-refractivity contribution in [2.24, 2.45) is 4.99 Å². The third kappa shape index (κ3) is 5.68. The molecule has 2 heterocycles. The Labute approximate surface area is 182 Å². The molecule has 0 spiro atoms. The van der Waals surface area contributed by atoms with Crippen molar-refractivity contribution >= 4 is 52.9 Å². The maximum absolute atomic E-state index is 12.6. The number of hydrogen-bond donors (Lipinski definition) is 2. The number of amides is 1. The lowest BCUT2D eigenvalue weighted by atomic mass is 10.1. The first-order valence-electron chi connectivity index (χ1n) is 9.11. The van der Waals surface area contributed by atoms with E-state index in [2.05, 4.69) is 45.4 Å². The molecule has 1 aliphatic rings. The van der Waals surface area contributed by atoms with Gasteiger partial charge >= 0.3 is 0 Å². The zero-order chi connectivity index (χ0) is 18.4. The summed E-state index contributed by atoms with van der Waals surface area (Å²) in [7, 11) is 0. The van der Waals surface area contributed by atoms with E-state index in [1.807, 2.05) is 30.0 Å². The first kappa shape index (κ1) is 21.7. The summed E-state index contributed by atoms with van der Waals surface area (Å²) >= 11 is 1.71. The van der Waals surface area contributed by atoms with E-state index in [1.54, 1.807) is 11.3 Å². The van der Waals surface area contributed by atoms with Gasteiger partial charge in [-0.05, 0) is 53.3 Å². The van der Waals surface area contributed by atoms with Crippen molar-refractivity contribution in [3.05, 3.63) is 52.2 Å². The molecule has 1 unspecified atom stereocenters. The van der Waals surface area contributed by atoms with Crippen molar-refractivity contribution in [2.45, 2.75) is 26.2 Å². The SMILES string of the molecule is CCNC(=NCC(=O)N1CCc2ccccc21)NCC(C)c1ccsc1.I. The second-order valence-corrected chi connectivity index (χ2v) is 7.24. The monoisotopic (exact) mass is 498 g/mol. The van der Waals surface area contributed by atoms with Gasteiger partial charge in [-0.15, -0.1) is 24.0 Å². The van der Waals surface area contributed by atoms with Crippen LogP contribution in [0.25, 0.3) is 0 Å². The highest BCUT2D eigenvalue weighted by Gasteiger charge is 2.23. The number of guanidine groups is 1. The molecule has 1 amide bonds. The molecule has 27 heavy (non-hydrogen) atoms. The number of nitrogens with zero attached hydrogens (tertiary/aromatic N) is 2. The lowest BCUT2D eigenvalue weighted by molar-refractivity contribution is -0.117. The molecule has 5 nitrogen and oxygen atoms in total. The summed E-state index contributed by atoms with van der Waals surface area (Å²) in [6, 6.07) is 10.2. The number of para-hydroxylation sites is 1. The number of thiophene rings is 1. The molecule has 1 aromatic heterocycles. The lowest BCUT2D eigenvalue weighted by Gasteiger charge is -2.18. The predicted octanol–water partition coefficient (Wildman–Crippen LogP) is 3.61. The molecule has 1 aliphatic heterocycles. The third-order valence-electron chi connectivity index (χ3n) is 4.59. The van der Waals surface area contributed by atoms with Crippen LogP contribution < -0.4 is 15.5 Å². The van der Waals surface area contributed by atoms with Crippen molar-refractivity contribution in [3.8, 4) is 0 Å². The van der Waals surface area contributed by atoms with Gasteiger partial charge in [0.05, 0.1) is 0 Å². The van der Waals surface area contributed by atoms with E-state index in [-0.39, 0.29) is 36.4 Å². The van der Waals surface area contributed by atoms with Gasteiger partial charge in [-0.2, -0.15) is 11.3 Å². The number of halogens is 1. The van der Waals surface area contributed by atoms with E-state index in [0.717, 1.165) is 31.7 Å². The number of hydrogen-bond acceptors (Lipinski definition) is 3. The molecule has 0 aliphatic carbocycles. The fourth-order valence-electron chi connectivity index (χ4n) is 3.09. The summed E-state index contributed by atoms with van der Waals surface area (Å²) in [5.41, 5.74) is 3.58. The molecule has 1 aromatic carbocycles. The van der Waals surface area contributed by atoms with Gasteiger partial charge in [0.25, 0.3) is 0 Å². The second kappa shape index (κ2) is 10.7. The largest absolute Gasteiger partial charge is 0.357 e. The van der Waals surface area contributed by atoms with Gasteiger partial charge in [0, 0.05) is 25.3 Å². The number of aliphatic imine (C=N–C) groups is 1. The first-order chi connectivity index (χ1) is 12.7. The number of carbonyl (C=O) groups is 1. The predicted molar refractivity (Wildman–Crippen MR) is 125 cm³/mol. The molecule has 0 fully saturated rings. The third-order valence-corrected chi connectivity index (χ3v) is 5.29. The molecule has 146 valence electrons. The smallest absolute Gasteiger partial charge is 0.248 e. The topological polar surface area (TPSA) is 56.7 Å². The Bertz CT molecular complexity index is 763. The van der Waals surface area contributed by atoms with Crippen LogP contribution in [-0.4, -0.2) is 38.0 Å². The summed E-state index contributed by atoms with van der Waals surface area (Å²) in [4.78, 5) is 18.9. The lowest BCUT2D eigenvalue weighted by Crippen LogP contribution is -2.40. The van der Waals surface area contributed by atoms with E-state index in [9.17, 15) is 4.79 Å². The minimum atomic E-state index is 0. The summed E-state index contributed by atoms with van der Waals surface area (Å²) in [5, 5.41) is 10.8. The Hall–Kier alpha value is -1.61. The van der Waals surface area contributed by atoms with Crippen molar-refractivity contribution in [2.75, 3.05) is 31.1 Å². The molecule has 0 saturated carbocycles. The molecule has 0 saturated heterocycles. The molecular weight excluding hydrogens is 471 g/mol. The standard InChI is InChI=1S/C20H26N4OS.HI/c1-3-21-20(22-12-15(2)17-9-11-26-14-17)23-13-19(25)24-10-8-16-6-4-5-7-18(16)24;/h4-7,9,11,14-15H,3,8,10,12-13H2,1-2H3,(H2,21,22,23);1H. The molecule has 2 N–H and O–H groups in total. The van der Waals surface area contributed by atoms with Crippen LogP contribution in [0.2, 0.25) is 0 Å². The van der Waals surface area contributed by atoms with Gasteiger partial charge in [0.1, 0.15) is 6.54 Å². The van der Waals surface area contributed by atoms with Crippen LogP contribution in [0.4, 0.5) is 5.69 Å². The van der Waals surface area contributed by atoms with Crippen LogP contribution in [0.15, 0.2) is 46.1 Å². The van der Waals surface area contributed by atoms with Crippen LogP contribution in [0, 0.1) is 0 Å². The minimum Gasteiger partial charge on any atom is -0.357 e. The number of benzene rings is 1. The molecule has 3 rings (SSSR count). The number of rotatable bonds is 6. The van der Waals surface area contributed by atoms with Gasteiger partial charge in [-0.3, -0.25) is 4.79 Å². The van der Waals surface area contributed by atoms with Crippen molar-refractivity contribution in [1.82, 2.24) is 10.6 Å². The van der Waals surface area contributed by atoms with Gasteiger partial charge in [0.15, 0.2) is 5.96 Å². The van der Waals surface area contributed by atoms with Crippen molar-refractivity contribution in [1.29, 1.82) is 0 Å². The quantitative estimate of drug-likeness (QED) is 0.364. The maximum Gasteiger partial charge on any atom is 0.248 e. The van der Waals surface area contributed by atoms with Gasteiger partial charge in [-0.1, -0.05) is 25.1 Å². The number of fused-ring (bicyclic) bond motifs is 1. The van der Waals surface area contributed by atoms with Gasteiger partial charge < -0.3 is 15.5 Å². The normalized spacial score (nSPS) is 14.3. The Morgan fingerprint density at radius 3 is 2.85 bits per heavy atom. The fraction of sp³-hybridized carbons (Fsp3) is 0.400. The van der Waals surface area contributed by atoms with Crippen LogP contribution >= 0.6 is 35.3 Å². The van der Waals surface area contributed by atoms with E-state index >= 15 is 0 Å². The molecular formula is C20H27IN4OS. The first-order valence-corrected chi connectivity index (χ1v) is 10.1. The molecule has 0 bridgehead atoms. The Kier molecular flexibility index (Phi) is 8.56. The number of nitrogens with one attached hydrogen (secondary N) is 2. The summed E-state index contributed by atoms with van der Waals surface area (Å²) < 4.78 is 0. The maximum atomic E-state index is 12.6. The Balaban J connectivity index is 0.00000261. The average molecular weight is 498 g/mol. The molecule has 0 radical (unpaired) electrons. The van der Waals surface area contributed by atoms with Gasteiger partial charge in [0.2, 0.25) is 5.91 Å². The Morgan fingerprint density at radius 1 is 1.30 bits per heavy atom. The highest BCUT2D eigenvalue weighted by atomic mass is 127. The van der Waals surface area contributed by atoms with Crippen LogP contribution in [0.1, 0.15) is 30.9 Å².